The summed E-state index contributed by atoms with van der Waals surface area (Å²) in [6.45, 7) is 11.5. The number of carbonyl (C=O) groups is 3. The Morgan fingerprint density at radius 2 is 0.530 bits per heavy atom. The largest absolute Gasteiger partial charge is 0.462 e. The molecule has 6 heteroatoms. The van der Waals surface area contributed by atoms with E-state index in [0.29, 0.717) is 19.3 Å². The Hall–Kier alpha value is -1.59. The Morgan fingerprint density at radius 3 is 0.788 bits per heavy atom. The molecule has 0 spiro atoms. The number of hydrogen-bond acceptors (Lipinski definition) is 6. The fourth-order valence-corrected chi connectivity index (χ4v) is 9.16. The van der Waals surface area contributed by atoms with Gasteiger partial charge < -0.3 is 14.2 Å². The van der Waals surface area contributed by atoms with Gasteiger partial charge in [-0.05, 0) is 31.1 Å². The van der Waals surface area contributed by atoms with Crippen molar-refractivity contribution >= 4 is 17.9 Å². The van der Waals surface area contributed by atoms with Crippen LogP contribution in [0.15, 0.2) is 0 Å². The molecule has 0 radical (unpaired) electrons. The van der Waals surface area contributed by atoms with Gasteiger partial charge in [-0.3, -0.25) is 14.4 Å². The fourth-order valence-electron chi connectivity index (χ4n) is 9.16. The highest BCUT2D eigenvalue weighted by Crippen LogP contribution is 2.19. The first-order chi connectivity index (χ1) is 32.3. The van der Waals surface area contributed by atoms with E-state index in [1.54, 1.807) is 0 Å². The molecule has 6 nitrogen and oxygen atoms in total. The lowest BCUT2D eigenvalue weighted by atomic mass is 9.99. The zero-order valence-electron chi connectivity index (χ0n) is 45.3. The highest BCUT2D eigenvalue weighted by Gasteiger charge is 2.19. The second-order valence-corrected chi connectivity index (χ2v) is 21.1. The molecular formula is C60H116O6. The number of hydrogen-bond donors (Lipinski definition) is 0. The molecule has 0 fully saturated rings. The van der Waals surface area contributed by atoms with Crippen LogP contribution >= 0.6 is 0 Å². The molecule has 0 bridgehead atoms. The monoisotopic (exact) mass is 933 g/mol. The van der Waals surface area contributed by atoms with Crippen molar-refractivity contribution in [3.63, 3.8) is 0 Å². The highest BCUT2D eigenvalue weighted by atomic mass is 16.6. The average Bonchev–Trinajstić information content (AvgIpc) is 3.32. The van der Waals surface area contributed by atoms with Gasteiger partial charge in [0.15, 0.2) is 6.10 Å². The number of ether oxygens (including phenoxy) is 3. The van der Waals surface area contributed by atoms with E-state index < -0.39 is 6.10 Å². The number of rotatable bonds is 54. The molecule has 392 valence electrons. The summed E-state index contributed by atoms with van der Waals surface area (Å²) in [4.78, 5) is 38.1. The quantitative estimate of drug-likeness (QED) is 0.0343. The molecule has 0 aliphatic carbocycles. The summed E-state index contributed by atoms with van der Waals surface area (Å²) in [6, 6.07) is 0. The van der Waals surface area contributed by atoms with Crippen molar-refractivity contribution < 1.29 is 28.6 Å². The van der Waals surface area contributed by atoms with Crippen LogP contribution in [0.3, 0.4) is 0 Å². The summed E-state index contributed by atoms with van der Waals surface area (Å²) in [5.74, 6) is 0.941. The lowest BCUT2D eigenvalue weighted by Crippen LogP contribution is -2.30. The van der Waals surface area contributed by atoms with Crippen LogP contribution in [0, 0.1) is 11.8 Å². The van der Waals surface area contributed by atoms with Crippen LogP contribution < -0.4 is 0 Å². The average molecular weight is 934 g/mol. The Morgan fingerprint density at radius 1 is 0.303 bits per heavy atom. The van der Waals surface area contributed by atoms with Crippen molar-refractivity contribution in [1.82, 2.24) is 0 Å². The third-order valence-corrected chi connectivity index (χ3v) is 14.4. The van der Waals surface area contributed by atoms with Crippen LogP contribution in [0.25, 0.3) is 0 Å². The lowest BCUT2D eigenvalue weighted by Gasteiger charge is -2.18. The summed E-state index contributed by atoms with van der Waals surface area (Å²) < 4.78 is 16.9. The third-order valence-electron chi connectivity index (χ3n) is 14.4. The molecule has 0 saturated carbocycles. The van der Waals surface area contributed by atoms with Gasteiger partial charge in [-0.25, -0.2) is 0 Å². The minimum atomic E-state index is -0.762. The van der Waals surface area contributed by atoms with Crippen molar-refractivity contribution in [3.8, 4) is 0 Å². The predicted octanol–water partition coefficient (Wildman–Crippen LogP) is 19.7. The van der Waals surface area contributed by atoms with Gasteiger partial charge in [0.2, 0.25) is 0 Å². The Bertz CT molecular complexity index is 1010. The fraction of sp³-hybridized carbons (Fsp3) is 0.950. The SMILES string of the molecule is CCCCCCCCCCCCCCC(=O)O[C@H](COC(=O)CCCCCCCCCCCCCCCCCCCCC(C)CC)COC(=O)CCCCCCCCCCCCC(C)CC. The van der Waals surface area contributed by atoms with E-state index in [-0.39, 0.29) is 31.1 Å². The van der Waals surface area contributed by atoms with Gasteiger partial charge in [0.05, 0.1) is 0 Å². The summed E-state index contributed by atoms with van der Waals surface area (Å²) in [6.07, 6.45) is 56.6. The molecule has 0 N–H and O–H groups in total. The van der Waals surface area contributed by atoms with E-state index >= 15 is 0 Å². The molecular weight excluding hydrogens is 817 g/mol. The van der Waals surface area contributed by atoms with E-state index in [2.05, 4.69) is 34.6 Å². The Balaban J connectivity index is 4.22. The van der Waals surface area contributed by atoms with Crippen LogP contribution in [0.4, 0.5) is 0 Å². The third kappa shape index (κ3) is 50.3. The molecule has 0 aliphatic heterocycles. The van der Waals surface area contributed by atoms with Crippen LogP contribution in [0.5, 0.6) is 0 Å². The number of unbranched alkanes of at least 4 members (excludes halogenated alkanes) is 37. The van der Waals surface area contributed by atoms with Crippen molar-refractivity contribution in [2.24, 2.45) is 11.8 Å². The molecule has 0 heterocycles. The summed E-state index contributed by atoms with van der Waals surface area (Å²) >= 11 is 0. The molecule has 3 atom stereocenters. The summed E-state index contributed by atoms with van der Waals surface area (Å²) in [7, 11) is 0. The molecule has 0 amide bonds. The maximum atomic E-state index is 12.8. The maximum absolute atomic E-state index is 12.8. The molecule has 0 aliphatic rings. The van der Waals surface area contributed by atoms with Crippen LogP contribution in [-0.2, 0) is 28.6 Å². The zero-order chi connectivity index (χ0) is 48.2. The second-order valence-electron chi connectivity index (χ2n) is 21.1. The topological polar surface area (TPSA) is 78.9 Å². The van der Waals surface area contributed by atoms with E-state index in [0.717, 1.165) is 69.6 Å². The summed E-state index contributed by atoms with van der Waals surface area (Å²) in [5.41, 5.74) is 0. The molecule has 0 saturated heterocycles. The molecule has 2 unspecified atom stereocenters. The Kier molecular flexibility index (Phi) is 51.5. The minimum absolute atomic E-state index is 0.0626. The first-order valence-electron chi connectivity index (χ1n) is 29.8. The van der Waals surface area contributed by atoms with E-state index in [1.165, 1.54) is 225 Å². The molecule has 66 heavy (non-hydrogen) atoms. The van der Waals surface area contributed by atoms with Crippen LogP contribution in [-0.4, -0.2) is 37.2 Å². The van der Waals surface area contributed by atoms with Crippen molar-refractivity contribution in [1.29, 1.82) is 0 Å². The second kappa shape index (κ2) is 52.8. The number of esters is 3. The van der Waals surface area contributed by atoms with Crippen LogP contribution in [0.2, 0.25) is 0 Å². The predicted molar refractivity (Wildman–Crippen MR) is 284 cm³/mol. The van der Waals surface area contributed by atoms with Crippen molar-refractivity contribution in [3.05, 3.63) is 0 Å². The first kappa shape index (κ1) is 64.4. The molecule has 0 aromatic carbocycles. The minimum Gasteiger partial charge on any atom is -0.462 e. The van der Waals surface area contributed by atoms with Gasteiger partial charge in [0.1, 0.15) is 13.2 Å². The van der Waals surface area contributed by atoms with Crippen LogP contribution in [0.1, 0.15) is 336 Å². The van der Waals surface area contributed by atoms with Gasteiger partial charge in [-0.2, -0.15) is 0 Å². The highest BCUT2D eigenvalue weighted by molar-refractivity contribution is 5.71. The zero-order valence-corrected chi connectivity index (χ0v) is 45.3. The van der Waals surface area contributed by atoms with Gasteiger partial charge >= 0.3 is 17.9 Å². The molecule has 0 aromatic heterocycles. The lowest BCUT2D eigenvalue weighted by molar-refractivity contribution is -0.167. The van der Waals surface area contributed by atoms with E-state index in [4.69, 9.17) is 14.2 Å². The normalized spacial score (nSPS) is 12.9. The number of carbonyl (C=O) groups excluding carboxylic acids is 3. The maximum Gasteiger partial charge on any atom is 0.306 e. The Labute approximate surface area is 412 Å². The van der Waals surface area contributed by atoms with Gasteiger partial charge in [0, 0.05) is 19.3 Å². The van der Waals surface area contributed by atoms with Gasteiger partial charge in [-0.1, -0.05) is 298 Å². The van der Waals surface area contributed by atoms with E-state index in [1.807, 2.05) is 0 Å². The van der Waals surface area contributed by atoms with E-state index in [9.17, 15) is 14.4 Å². The first-order valence-corrected chi connectivity index (χ1v) is 29.8. The standard InChI is InChI=1S/C60H116O6/c1-6-9-10-11-12-13-14-24-32-37-42-47-52-60(63)66-57(54-65-59(62)51-46-41-36-31-27-26-29-34-39-44-49-56(5)8-3)53-64-58(61)50-45-40-35-30-25-22-20-18-16-15-17-19-21-23-28-33-38-43-48-55(4)7-2/h55-57H,6-54H2,1-5H3/t55?,56?,57-/m1/s1. The van der Waals surface area contributed by atoms with Crippen molar-refractivity contribution in [2.75, 3.05) is 13.2 Å². The van der Waals surface area contributed by atoms with Gasteiger partial charge in [0.25, 0.3) is 0 Å². The smallest absolute Gasteiger partial charge is 0.306 e. The summed E-state index contributed by atoms with van der Waals surface area (Å²) in [5, 5.41) is 0. The molecule has 0 aromatic rings. The van der Waals surface area contributed by atoms with Gasteiger partial charge in [-0.15, -0.1) is 0 Å². The van der Waals surface area contributed by atoms with Crippen molar-refractivity contribution in [2.45, 2.75) is 343 Å². The molecule has 0 rings (SSSR count).